The molecule has 0 aromatic heterocycles. The molecule has 0 amide bonds. The van der Waals surface area contributed by atoms with Crippen molar-refractivity contribution in [2.45, 2.75) is 4.90 Å². The highest BCUT2D eigenvalue weighted by atomic mass is 32.2. The van der Waals surface area contributed by atoms with E-state index in [0.29, 0.717) is 17.2 Å². The van der Waals surface area contributed by atoms with E-state index in [4.69, 9.17) is 4.74 Å². The molecule has 1 aromatic carbocycles. The molecule has 0 radical (unpaired) electrons. The van der Waals surface area contributed by atoms with E-state index >= 15 is 0 Å². The zero-order valence-electron chi connectivity index (χ0n) is 10.6. The van der Waals surface area contributed by atoms with Crippen molar-refractivity contribution in [1.29, 1.82) is 0 Å². The van der Waals surface area contributed by atoms with Crippen LogP contribution in [-0.2, 0) is 14.6 Å². The summed E-state index contributed by atoms with van der Waals surface area (Å²) in [5, 5.41) is 3.18. The predicted octanol–water partition coefficient (Wildman–Crippen LogP) is 0.968. The first kappa shape index (κ1) is 13.2. The Morgan fingerprint density at radius 2 is 2.22 bits per heavy atom. The second kappa shape index (κ2) is 5.16. The monoisotopic (exact) mass is 270 g/mol. The minimum atomic E-state index is -3.21. The van der Waals surface area contributed by atoms with Gasteiger partial charge in [0.25, 0.3) is 0 Å². The van der Waals surface area contributed by atoms with Crippen molar-refractivity contribution in [3.63, 3.8) is 0 Å². The lowest BCUT2D eigenvalue weighted by molar-refractivity contribution is 0.205. The summed E-state index contributed by atoms with van der Waals surface area (Å²) in [5.74, 6) is 0. The van der Waals surface area contributed by atoms with E-state index in [2.05, 4.69) is 10.2 Å². The fourth-order valence-electron chi connectivity index (χ4n) is 2.14. The molecule has 0 unspecified atom stereocenters. The number of ether oxygens (including phenoxy) is 1. The first-order valence-corrected chi connectivity index (χ1v) is 7.74. The van der Waals surface area contributed by atoms with Crippen LogP contribution in [0.15, 0.2) is 23.1 Å². The van der Waals surface area contributed by atoms with Gasteiger partial charge in [-0.1, -0.05) is 6.07 Å². The molecule has 100 valence electrons. The standard InChI is InChI=1S/C12H18N2O3S/c1-17-9-8-14-7-6-13-12-10(14)4-3-5-11(12)18(2,15)16/h3-5,13H,6-9H2,1-2H3. The van der Waals surface area contributed by atoms with Gasteiger partial charge in [0.1, 0.15) is 0 Å². The Bertz CT molecular complexity index is 528. The highest BCUT2D eigenvalue weighted by Gasteiger charge is 2.22. The number of hydrogen-bond donors (Lipinski definition) is 1. The van der Waals surface area contributed by atoms with E-state index in [1.54, 1.807) is 19.2 Å². The predicted molar refractivity (Wildman–Crippen MR) is 72.1 cm³/mol. The molecular formula is C12H18N2O3S. The second-order valence-corrected chi connectivity index (χ2v) is 6.31. The maximum atomic E-state index is 11.7. The Labute approximate surface area is 108 Å². The second-order valence-electron chi connectivity index (χ2n) is 4.33. The molecule has 1 heterocycles. The Kier molecular flexibility index (Phi) is 3.77. The highest BCUT2D eigenvalue weighted by Crippen LogP contribution is 2.34. The summed E-state index contributed by atoms with van der Waals surface area (Å²) in [7, 11) is -1.55. The summed E-state index contributed by atoms with van der Waals surface area (Å²) in [5.41, 5.74) is 1.64. The van der Waals surface area contributed by atoms with Gasteiger partial charge in [-0.25, -0.2) is 8.42 Å². The Morgan fingerprint density at radius 1 is 1.44 bits per heavy atom. The lowest BCUT2D eigenvalue weighted by atomic mass is 10.2. The number of rotatable bonds is 4. The molecule has 18 heavy (non-hydrogen) atoms. The van der Waals surface area contributed by atoms with Crippen LogP contribution in [0.2, 0.25) is 0 Å². The Hall–Kier alpha value is -1.27. The number of para-hydroxylation sites is 1. The van der Waals surface area contributed by atoms with E-state index in [9.17, 15) is 8.42 Å². The van der Waals surface area contributed by atoms with E-state index in [1.165, 1.54) is 6.26 Å². The van der Waals surface area contributed by atoms with Crippen LogP contribution in [0.5, 0.6) is 0 Å². The van der Waals surface area contributed by atoms with Crippen molar-refractivity contribution in [3.8, 4) is 0 Å². The molecule has 1 N–H and O–H groups in total. The third-order valence-electron chi connectivity index (χ3n) is 2.99. The van der Waals surface area contributed by atoms with E-state index < -0.39 is 9.84 Å². The van der Waals surface area contributed by atoms with Crippen LogP contribution in [0.4, 0.5) is 11.4 Å². The van der Waals surface area contributed by atoms with Crippen molar-refractivity contribution in [3.05, 3.63) is 18.2 Å². The maximum Gasteiger partial charge on any atom is 0.177 e. The summed E-state index contributed by atoms with van der Waals surface area (Å²) in [6.07, 6.45) is 1.23. The number of anilines is 2. The van der Waals surface area contributed by atoms with Crippen molar-refractivity contribution >= 4 is 21.2 Å². The number of fused-ring (bicyclic) bond motifs is 1. The summed E-state index contributed by atoms with van der Waals surface area (Å²) in [6, 6.07) is 5.36. The fraction of sp³-hybridized carbons (Fsp3) is 0.500. The number of nitrogens with zero attached hydrogens (tertiary/aromatic N) is 1. The molecule has 0 saturated heterocycles. The third kappa shape index (κ3) is 2.59. The molecule has 6 heteroatoms. The van der Waals surface area contributed by atoms with Gasteiger partial charge in [0.2, 0.25) is 0 Å². The van der Waals surface area contributed by atoms with Gasteiger partial charge in [-0.15, -0.1) is 0 Å². The smallest absolute Gasteiger partial charge is 0.177 e. The highest BCUT2D eigenvalue weighted by molar-refractivity contribution is 7.90. The molecule has 0 atom stereocenters. The van der Waals surface area contributed by atoms with E-state index in [0.717, 1.165) is 25.3 Å². The molecule has 0 saturated carbocycles. The minimum Gasteiger partial charge on any atom is -0.383 e. The quantitative estimate of drug-likeness (QED) is 0.883. The van der Waals surface area contributed by atoms with E-state index in [1.807, 2.05) is 6.07 Å². The SMILES string of the molecule is COCCN1CCNc2c1cccc2S(C)(=O)=O. The van der Waals surface area contributed by atoms with Crippen molar-refractivity contribution in [2.24, 2.45) is 0 Å². The van der Waals surface area contributed by atoms with Crippen LogP contribution in [0, 0.1) is 0 Å². The van der Waals surface area contributed by atoms with Gasteiger partial charge in [-0.3, -0.25) is 0 Å². The minimum absolute atomic E-state index is 0.363. The summed E-state index contributed by atoms with van der Waals surface area (Å²) >= 11 is 0. The molecule has 1 aliphatic rings. The molecule has 1 aliphatic heterocycles. The Morgan fingerprint density at radius 3 is 2.89 bits per heavy atom. The van der Waals surface area contributed by atoms with Crippen molar-refractivity contribution in [1.82, 2.24) is 0 Å². The number of sulfone groups is 1. The van der Waals surface area contributed by atoms with Crippen LogP contribution >= 0.6 is 0 Å². The fourth-order valence-corrected chi connectivity index (χ4v) is 3.01. The normalized spacial score (nSPS) is 15.1. The van der Waals surface area contributed by atoms with Crippen LogP contribution < -0.4 is 10.2 Å². The van der Waals surface area contributed by atoms with Gasteiger partial charge in [0.05, 0.1) is 22.9 Å². The number of hydrogen-bond acceptors (Lipinski definition) is 5. The van der Waals surface area contributed by atoms with Gasteiger partial charge >= 0.3 is 0 Å². The van der Waals surface area contributed by atoms with E-state index in [-0.39, 0.29) is 0 Å². The summed E-state index contributed by atoms with van der Waals surface area (Å²) in [6.45, 7) is 2.98. The number of methoxy groups -OCH3 is 1. The van der Waals surface area contributed by atoms with Crippen LogP contribution in [0.25, 0.3) is 0 Å². The lowest BCUT2D eigenvalue weighted by Gasteiger charge is -2.32. The largest absolute Gasteiger partial charge is 0.383 e. The molecule has 0 aliphatic carbocycles. The molecule has 0 fully saturated rings. The van der Waals surface area contributed by atoms with Crippen molar-refractivity contribution < 1.29 is 13.2 Å². The van der Waals surface area contributed by atoms with Gasteiger partial charge in [-0.05, 0) is 12.1 Å². The topological polar surface area (TPSA) is 58.6 Å². The first-order valence-electron chi connectivity index (χ1n) is 5.85. The van der Waals surface area contributed by atoms with Gasteiger partial charge in [0.15, 0.2) is 9.84 Å². The zero-order chi connectivity index (χ0) is 13.2. The first-order chi connectivity index (χ1) is 8.54. The zero-order valence-corrected chi connectivity index (χ0v) is 11.5. The average molecular weight is 270 g/mol. The van der Waals surface area contributed by atoms with Gasteiger partial charge in [-0.2, -0.15) is 0 Å². The van der Waals surface area contributed by atoms with Crippen LogP contribution in [0.1, 0.15) is 0 Å². The van der Waals surface area contributed by atoms with Crippen LogP contribution in [-0.4, -0.2) is 48.0 Å². The number of nitrogens with one attached hydrogen (secondary N) is 1. The molecule has 0 bridgehead atoms. The molecular weight excluding hydrogens is 252 g/mol. The third-order valence-corrected chi connectivity index (χ3v) is 4.13. The molecule has 0 spiro atoms. The number of benzene rings is 1. The average Bonchev–Trinajstić information content (AvgIpc) is 2.34. The van der Waals surface area contributed by atoms with Gasteiger partial charge in [0, 0.05) is 33.0 Å². The lowest BCUT2D eigenvalue weighted by Crippen LogP contribution is -2.36. The molecule has 5 nitrogen and oxygen atoms in total. The van der Waals surface area contributed by atoms with Crippen molar-refractivity contribution in [2.75, 3.05) is 49.8 Å². The summed E-state index contributed by atoms with van der Waals surface area (Å²) in [4.78, 5) is 2.51. The maximum absolute atomic E-state index is 11.7. The Balaban J connectivity index is 2.41. The molecule has 1 aromatic rings. The summed E-state index contributed by atoms with van der Waals surface area (Å²) < 4.78 is 28.6. The van der Waals surface area contributed by atoms with Crippen LogP contribution in [0.3, 0.4) is 0 Å². The van der Waals surface area contributed by atoms with Gasteiger partial charge < -0.3 is 15.0 Å². The molecule has 2 rings (SSSR count).